The summed E-state index contributed by atoms with van der Waals surface area (Å²) in [5.41, 5.74) is 0.410. The molecule has 1 atom stereocenters. The number of hydrogen-bond donors (Lipinski definition) is 2. The van der Waals surface area contributed by atoms with Crippen LogP contribution in [0.2, 0.25) is 0 Å². The van der Waals surface area contributed by atoms with Crippen LogP contribution in [0.3, 0.4) is 0 Å². The molecule has 1 unspecified atom stereocenters. The van der Waals surface area contributed by atoms with Crippen LogP contribution < -0.4 is 10.1 Å². The van der Waals surface area contributed by atoms with Gasteiger partial charge in [0.15, 0.2) is 11.6 Å². The Kier molecular flexibility index (Phi) is 5.57. The van der Waals surface area contributed by atoms with Gasteiger partial charge in [-0.25, -0.2) is 4.39 Å². The topological polar surface area (TPSA) is 50.7 Å². The van der Waals surface area contributed by atoms with E-state index in [4.69, 9.17) is 9.47 Å². The molecule has 0 aliphatic rings. The van der Waals surface area contributed by atoms with Gasteiger partial charge in [0.05, 0.1) is 25.4 Å². The van der Waals surface area contributed by atoms with Crippen LogP contribution in [-0.2, 0) is 4.74 Å². The Balaban J connectivity index is 2.44. The van der Waals surface area contributed by atoms with E-state index in [0.29, 0.717) is 12.2 Å². The molecule has 0 aliphatic heterocycles. The zero-order valence-corrected chi connectivity index (χ0v) is 11.9. The molecular weight excluding hydrogens is 249 g/mol. The van der Waals surface area contributed by atoms with Crippen molar-refractivity contribution in [2.24, 2.45) is 0 Å². The summed E-state index contributed by atoms with van der Waals surface area (Å²) in [7, 11) is 1.41. The van der Waals surface area contributed by atoms with E-state index in [2.05, 4.69) is 5.32 Å². The van der Waals surface area contributed by atoms with E-state index < -0.39 is 11.9 Å². The van der Waals surface area contributed by atoms with Gasteiger partial charge in [-0.3, -0.25) is 0 Å². The number of nitrogens with one attached hydrogen (secondary N) is 1. The summed E-state index contributed by atoms with van der Waals surface area (Å²) >= 11 is 0. The molecule has 108 valence electrons. The molecule has 0 saturated heterocycles. The van der Waals surface area contributed by atoms with Crippen molar-refractivity contribution < 1.29 is 19.0 Å². The van der Waals surface area contributed by atoms with Gasteiger partial charge in [-0.05, 0) is 32.9 Å². The number of aliphatic hydroxyl groups is 1. The smallest absolute Gasteiger partial charge is 0.165 e. The standard InChI is InChI=1S/C14H22FNO3/c1-14(2,3)19-9-11(17)8-16-10-5-6-12(15)13(7-10)18-4/h5-7,11,16-17H,8-9H2,1-4H3. The molecule has 0 heterocycles. The van der Waals surface area contributed by atoms with Crippen LogP contribution in [0.5, 0.6) is 5.75 Å². The number of halogens is 1. The van der Waals surface area contributed by atoms with E-state index in [9.17, 15) is 9.50 Å². The Hall–Kier alpha value is -1.33. The molecule has 0 amide bonds. The third-order valence-electron chi connectivity index (χ3n) is 2.40. The highest BCUT2D eigenvalue weighted by Gasteiger charge is 2.13. The Morgan fingerprint density at radius 3 is 2.63 bits per heavy atom. The van der Waals surface area contributed by atoms with Gasteiger partial charge in [0.2, 0.25) is 0 Å². The van der Waals surface area contributed by atoms with Gasteiger partial charge in [0.1, 0.15) is 0 Å². The maximum Gasteiger partial charge on any atom is 0.165 e. The molecule has 19 heavy (non-hydrogen) atoms. The zero-order chi connectivity index (χ0) is 14.5. The first kappa shape index (κ1) is 15.7. The van der Waals surface area contributed by atoms with Crippen molar-refractivity contribution in [3.8, 4) is 5.75 Å². The lowest BCUT2D eigenvalue weighted by atomic mass is 10.2. The molecular formula is C14H22FNO3. The molecule has 1 aromatic carbocycles. The van der Waals surface area contributed by atoms with Crippen LogP contribution in [-0.4, -0.2) is 37.1 Å². The number of anilines is 1. The lowest BCUT2D eigenvalue weighted by Crippen LogP contribution is -2.30. The van der Waals surface area contributed by atoms with Gasteiger partial charge in [-0.1, -0.05) is 0 Å². The lowest BCUT2D eigenvalue weighted by Gasteiger charge is -2.22. The molecule has 0 radical (unpaired) electrons. The molecule has 0 aromatic heterocycles. The van der Waals surface area contributed by atoms with Crippen molar-refractivity contribution in [2.45, 2.75) is 32.5 Å². The Morgan fingerprint density at radius 1 is 1.37 bits per heavy atom. The Labute approximate surface area is 113 Å². The van der Waals surface area contributed by atoms with Crippen LogP contribution in [0.4, 0.5) is 10.1 Å². The van der Waals surface area contributed by atoms with Crippen LogP contribution in [0.25, 0.3) is 0 Å². The molecule has 1 rings (SSSR count). The monoisotopic (exact) mass is 271 g/mol. The maximum absolute atomic E-state index is 13.2. The van der Waals surface area contributed by atoms with Crippen molar-refractivity contribution >= 4 is 5.69 Å². The third kappa shape index (κ3) is 5.89. The number of ether oxygens (including phenoxy) is 2. The summed E-state index contributed by atoms with van der Waals surface area (Å²) in [6.45, 7) is 6.35. The van der Waals surface area contributed by atoms with E-state index in [0.717, 1.165) is 0 Å². The molecule has 0 spiro atoms. The summed E-state index contributed by atoms with van der Waals surface area (Å²) in [5.74, 6) is -0.241. The highest BCUT2D eigenvalue weighted by molar-refractivity contribution is 5.48. The fourth-order valence-electron chi connectivity index (χ4n) is 1.41. The van der Waals surface area contributed by atoms with Crippen molar-refractivity contribution in [2.75, 3.05) is 25.6 Å². The number of aliphatic hydroxyl groups excluding tert-OH is 1. The maximum atomic E-state index is 13.2. The van der Waals surface area contributed by atoms with Gasteiger partial charge >= 0.3 is 0 Å². The van der Waals surface area contributed by atoms with E-state index >= 15 is 0 Å². The molecule has 0 bridgehead atoms. The number of methoxy groups -OCH3 is 1. The highest BCUT2D eigenvalue weighted by atomic mass is 19.1. The second-order valence-corrected chi connectivity index (χ2v) is 5.31. The van der Waals surface area contributed by atoms with E-state index in [-0.39, 0.29) is 18.0 Å². The summed E-state index contributed by atoms with van der Waals surface area (Å²) in [4.78, 5) is 0. The van der Waals surface area contributed by atoms with Crippen LogP contribution in [0, 0.1) is 5.82 Å². The van der Waals surface area contributed by atoms with E-state index in [1.54, 1.807) is 12.1 Å². The summed E-state index contributed by atoms with van der Waals surface area (Å²) < 4.78 is 23.5. The lowest BCUT2D eigenvalue weighted by molar-refractivity contribution is -0.0449. The van der Waals surface area contributed by atoms with Crippen LogP contribution in [0.15, 0.2) is 18.2 Å². The van der Waals surface area contributed by atoms with Crippen LogP contribution in [0.1, 0.15) is 20.8 Å². The quantitative estimate of drug-likeness (QED) is 0.834. The second kappa shape index (κ2) is 6.73. The largest absolute Gasteiger partial charge is 0.494 e. The zero-order valence-electron chi connectivity index (χ0n) is 11.9. The fraction of sp³-hybridized carbons (Fsp3) is 0.571. The highest BCUT2D eigenvalue weighted by Crippen LogP contribution is 2.21. The average Bonchev–Trinajstić information content (AvgIpc) is 2.34. The minimum absolute atomic E-state index is 0.172. The Morgan fingerprint density at radius 2 is 2.05 bits per heavy atom. The second-order valence-electron chi connectivity index (χ2n) is 5.31. The summed E-state index contributed by atoms with van der Waals surface area (Å²) in [6, 6.07) is 4.46. The first-order valence-electron chi connectivity index (χ1n) is 6.21. The Bertz CT molecular complexity index is 404. The van der Waals surface area contributed by atoms with Crippen molar-refractivity contribution in [3.63, 3.8) is 0 Å². The number of benzene rings is 1. The third-order valence-corrected chi connectivity index (χ3v) is 2.40. The molecule has 5 heteroatoms. The van der Waals surface area contributed by atoms with Gasteiger partial charge in [-0.15, -0.1) is 0 Å². The minimum Gasteiger partial charge on any atom is -0.494 e. The molecule has 0 fully saturated rings. The average molecular weight is 271 g/mol. The SMILES string of the molecule is COc1cc(NCC(O)COC(C)(C)C)ccc1F. The van der Waals surface area contributed by atoms with E-state index in [1.165, 1.54) is 13.2 Å². The van der Waals surface area contributed by atoms with Crippen molar-refractivity contribution in [3.05, 3.63) is 24.0 Å². The number of hydrogen-bond acceptors (Lipinski definition) is 4. The predicted octanol–water partition coefficient (Wildman–Crippen LogP) is 2.42. The molecule has 0 saturated carbocycles. The van der Waals surface area contributed by atoms with Crippen LogP contribution >= 0.6 is 0 Å². The first-order chi connectivity index (χ1) is 8.81. The fourth-order valence-corrected chi connectivity index (χ4v) is 1.41. The number of rotatable bonds is 6. The van der Waals surface area contributed by atoms with Gasteiger partial charge in [-0.2, -0.15) is 0 Å². The molecule has 2 N–H and O–H groups in total. The minimum atomic E-state index is -0.629. The van der Waals surface area contributed by atoms with Gasteiger partial charge in [0.25, 0.3) is 0 Å². The summed E-state index contributed by atoms with van der Waals surface area (Å²) in [5, 5.41) is 12.8. The summed E-state index contributed by atoms with van der Waals surface area (Å²) in [6.07, 6.45) is -0.629. The molecule has 0 aliphatic carbocycles. The van der Waals surface area contributed by atoms with Crippen molar-refractivity contribution in [1.29, 1.82) is 0 Å². The van der Waals surface area contributed by atoms with E-state index in [1.807, 2.05) is 20.8 Å². The molecule has 1 aromatic rings. The normalized spacial score (nSPS) is 13.2. The molecule has 4 nitrogen and oxygen atoms in total. The van der Waals surface area contributed by atoms with Gasteiger partial charge in [0, 0.05) is 18.3 Å². The van der Waals surface area contributed by atoms with Gasteiger partial charge < -0.3 is 19.9 Å². The van der Waals surface area contributed by atoms with Crippen molar-refractivity contribution in [1.82, 2.24) is 0 Å². The predicted molar refractivity (Wildman–Crippen MR) is 73.2 cm³/mol. The first-order valence-corrected chi connectivity index (χ1v) is 6.21.